The van der Waals surface area contributed by atoms with Crippen LogP contribution in [0.2, 0.25) is 0 Å². The maximum Gasteiger partial charge on any atom is 0.191 e. The molecule has 28 heavy (non-hydrogen) atoms. The molecule has 7 heteroatoms. The quantitative estimate of drug-likeness (QED) is 0.247. The molecule has 0 atom stereocenters. The number of guanidine groups is 1. The topological polar surface area (TPSA) is 58.1 Å². The lowest BCUT2D eigenvalue weighted by Gasteiger charge is -2.26. The average molecular weight is 504 g/mol. The van der Waals surface area contributed by atoms with E-state index in [1.807, 2.05) is 18.2 Å². The minimum Gasteiger partial charge on any atom is -0.488 e. The van der Waals surface area contributed by atoms with Gasteiger partial charge in [-0.3, -0.25) is 9.89 Å². The third-order valence-electron chi connectivity index (χ3n) is 4.36. The van der Waals surface area contributed by atoms with Gasteiger partial charge in [-0.1, -0.05) is 18.2 Å². The summed E-state index contributed by atoms with van der Waals surface area (Å²) >= 11 is 0. The second-order valence-corrected chi connectivity index (χ2v) is 7.84. The van der Waals surface area contributed by atoms with Crippen LogP contribution in [0.4, 0.5) is 0 Å². The SMILES string of the molecule is CN=C(NCCCCN1CCOCC1)NCc1ccccc1OC(C)(C)C.I. The van der Waals surface area contributed by atoms with Gasteiger partial charge in [-0.15, -0.1) is 24.0 Å². The molecule has 1 heterocycles. The Balaban J connectivity index is 0.00000392. The lowest BCUT2D eigenvalue weighted by atomic mass is 10.1. The van der Waals surface area contributed by atoms with Gasteiger partial charge in [0.05, 0.1) is 13.2 Å². The molecule has 2 rings (SSSR count). The van der Waals surface area contributed by atoms with Crippen molar-refractivity contribution in [1.82, 2.24) is 15.5 Å². The van der Waals surface area contributed by atoms with Gasteiger partial charge in [-0.05, 0) is 46.2 Å². The van der Waals surface area contributed by atoms with Crippen molar-refractivity contribution < 1.29 is 9.47 Å². The zero-order valence-corrected chi connectivity index (χ0v) is 20.1. The maximum atomic E-state index is 6.06. The number of hydrogen-bond acceptors (Lipinski definition) is 4. The van der Waals surface area contributed by atoms with Crippen molar-refractivity contribution in [2.24, 2.45) is 4.99 Å². The van der Waals surface area contributed by atoms with Gasteiger partial charge in [-0.2, -0.15) is 0 Å². The second kappa shape index (κ2) is 13.2. The highest BCUT2D eigenvalue weighted by Crippen LogP contribution is 2.22. The van der Waals surface area contributed by atoms with Crippen LogP contribution < -0.4 is 15.4 Å². The number of hydrogen-bond donors (Lipinski definition) is 2. The fourth-order valence-electron chi connectivity index (χ4n) is 2.97. The molecular weight excluding hydrogens is 467 g/mol. The third-order valence-corrected chi connectivity index (χ3v) is 4.36. The van der Waals surface area contributed by atoms with E-state index in [2.05, 4.69) is 47.4 Å². The van der Waals surface area contributed by atoms with Crippen LogP contribution >= 0.6 is 24.0 Å². The number of benzene rings is 1. The molecule has 1 aliphatic rings. The maximum absolute atomic E-state index is 6.06. The van der Waals surface area contributed by atoms with Crippen LogP contribution in [0.3, 0.4) is 0 Å². The molecule has 1 aliphatic heterocycles. The Morgan fingerprint density at radius 3 is 2.54 bits per heavy atom. The first-order valence-electron chi connectivity index (χ1n) is 9.99. The lowest BCUT2D eigenvalue weighted by Crippen LogP contribution is -2.38. The van der Waals surface area contributed by atoms with Crippen LogP contribution in [-0.2, 0) is 11.3 Å². The first kappa shape index (κ1) is 25.0. The molecule has 0 saturated carbocycles. The van der Waals surface area contributed by atoms with E-state index < -0.39 is 0 Å². The Morgan fingerprint density at radius 2 is 1.86 bits per heavy atom. The molecule has 1 aromatic carbocycles. The molecule has 0 aromatic heterocycles. The minimum atomic E-state index is -0.212. The van der Waals surface area contributed by atoms with Gasteiger partial charge in [0.1, 0.15) is 11.4 Å². The van der Waals surface area contributed by atoms with Crippen molar-refractivity contribution in [3.05, 3.63) is 29.8 Å². The van der Waals surface area contributed by atoms with E-state index in [4.69, 9.17) is 9.47 Å². The Bertz CT molecular complexity index is 584. The lowest BCUT2D eigenvalue weighted by molar-refractivity contribution is 0.0372. The van der Waals surface area contributed by atoms with E-state index in [0.29, 0.717) is 6.54 Å². The summed E-state index contributed by atoms with van der Waals surface area (Å²) in [5.74, 6) is 1.74. The number of rotatable bonds is 8. The Morgan fingerprint density at radius 1 is 1.14 bits per heavy atom. The number of nitrogens with one attached hydrogen (secondary N) is 2. The molecule has 0 amide bonds. The van der Waals surface area contributed by atoms with E-state index in [-0.39, 0.29) is 29.6 Å². The summed E-state index contributed by atoms with van der Waals surface area (Å²) in [5, 5.41) is 6.78. The molecule has 2 N–H and O–H groups in total. The number of para-hydroxylation sites is 1. The van der Waals surface area contributed by atoms with Crippen molar-refractivity contribution in [1.29, 1.82) is 0 Å². The van der Waals surface area contributed by atoms with Crippen molar-refractivity contribution >= 4 is 29.9 Å². The van der Waals surface area contributed by atoms with E-state index in [1.54, 1.807) is 7.05 Å². The van der Waals surface area contributed by atoms with Crippen LogP contribution in [0, 0.1) is 0 Å². The third kappa shape index (κ3) is 9.93. The van der Waals surface area contributed by atoms with Crippen molar-refractivity contribution in [2.75, 3.05) is 46.4 Å². The number of halogens is 1. The first-order valence-corrected chi connectivity index (χ1v) is 9.99. The number of aliphatic imine (C=N–C) groups is 1. The number of nitrogens with zero attached hydrogens (tertiary/aromatic N) is 2. The smallest absolute Gasteiger partial charge is 0.191 e. The Labute approximate surface area is 187 Å². The predicted octanol–water partition coefficient (Wildman–Crippen LogP) is 3.26. The van der Waals surface area contributed by atoms with Crippen LogP contribution in [0.5, 0.6) is 5.75 Å². The fourth-order valence-corrected chi connectivity index (χ4v) is 2.97. The summed E-state index contributed by atoms with van der Waals surface area (Å²) in [6.07, 6.45) is 2.31. The van der Waals surface area contributed by atoms with Gasteiger partial charge in [0, 0.05) is 38.8 Å². The minimum absolute atomic E-state index is 0. The zero-order valence-electron chi connectivity index (χ0n) is 17.8. The summed E-state index contributed by atoms with van der Waals surface area (Å²) in [6.45, 7) is 12.8. The normalized spacial score (nSPS) is 15.6. The number of morpholine rings is 1. The van der Waals surface area contributed by atoms with Crippen LogP contribution in [0.25, 0.3) is 0 Å². The molecule has 6 nitrogen and oxygen atoms in total. The van der Waals surface area contributed by atoms with Gasteiger partial charge in [0.25, 0.3) is 0 Å². The molecule has 0 bridgehead atoms. The van der Waals surface area contributed by atoms with E-state index in [0.717, 1.165) is 63.1 Å². The van der Waals surface area contributed by atoms with Gasteiger partial charge >= 0.3 is 0 Å². The summed E-state index contributed by atoms with van der Waals surface area (Å²) < 4.78 is 11.4. The summed E-state index contributed by atoms with van der Waals surface area (Å²) in [6, 6.07) is 8.15. The predicted molar refractivity (Wildman–Crippen MR) is 127 cm³/mol. The van der Waals surface area contributed by atoms with Crippen molar-refractivity contribution in [3.8, 4) is 5.75 Å². The van der Waals surface area contributed by atoms with E-state index >= 15 is 0 Å². The van der Waals surface area contributed by atoms with Gasteiger partial charge in [-0.25, -0.2) is 0 Å². The Kier molecular flexibility index (Phi) is 11.8. The molecule has 0 aliphatic carbocycles. The van der Waals surface area contributed by atoms with Crippen LogP contribution in [-0.4, -0.2) is 62.9 Å². The standard InChI is InChI=1S/C21H36N4O2.HI/c1-21(2,3)27-19-10-6-5-9-18(19)17-24-20(22-4)23-11-7-8-12-25-13-15-26-16-14-25;/h5-6,9-10H,7-8,11-17H2,1-4H3,(H2,22,23,24);1H. The zero-order chi connectivity index (χ0) is 19.5. The number of ether oxygens (including phenoxy) is 2. The van der Waals surface area contributed by atoms with Gasteiger partial charge in [0.15, 0.2) is 5.96 Å². The van der Waals surface area contributed by atoms with Gasteiger partial charge in [0.2, 0.25) is 0 Å². The Hall–Kier alpha value is -1.06. The first-order chi connectivity index (χ1) is 13.0. The number of unbranched alkanes of at least 4 members (excludes halogenated alkanes) is 1. The summed E-state index contributed by atoms with van der Waals surface area (Å²) in [4.78, 5) is 6.80. The highest BCUT2D eigenvalue weighted by molar-refractivity contribution is 14.0. The molecular formula is C21H37IN4O2. The second-order valence-electron chi connectivity index (χ2n) is 7.84. The monoisotopic (exact) mass is 504 g/mol. The average Bonchev–Trinajstić information content (AvgIpc) is 2.64. The molecule has 1 aromatic rings. The van der Waals surface area contributed by atoms with Crippen molar-refractivity contribution in [2.45, 2.75) is 45.8 Å². The summed E-state index contributed by atoms with van der Waals surface area (Å²) in [7, 11) is 1.81. The van der Waals surface area contributed by atoms with Gasteiger partial charge < -0.3 is 20.1 Å². The fraction of sp³-hybridized carbons (Fsp3) is 0.667. The van der Waals surface area contributed by atoms with Crippen molar-refractivity contribution in [3.63, 3.8) is 0 Å². The largest absolute Gasteiger partial charge is 0.488 e. The molecule has 0 spiro atoms. The molecule has 1 saturated heterocycles. The molecule has 1 fully saturated rings. The highest BCUT2D eigenvalue weighted by atomic mass is 127. The molecule has 0 radical (unpaired) electrons. The highest BCUT2D eigenvalue weighted by Gasteiger charge is 2.14. The molecule has 160 valence electrons. The summed E-state index contributed by atoms with van der Waals surface area (Å²) in [5.41, 5.74) is 0.916. The van der Waals surface area contributed by atoms with E-state index in [1.165, 1.54) is 6.42 Å². The van der Waals surface area contributed by atoms with Crippen LogP contribution in [0.15, 0.2) is 29.3 Å². The van der Waals surface area contributed by atoms with E-state index in [9.17, 15) is 0 Å². The molecule has 0 unspecified atom stereocenters. The van der Waals surface area contributed by atoms with Crippen LogP contribution in [0.1, 0.15) is 39.2 Å².